The first-order valence-electron chi connectivity index (χ1n) is 7.00. The van der Waals surface area contributed by atoms with Crippen LogP contribution < -0.4 is 10.1 Å². The number of anilines is 1. The van der Waals surface area contributed by atoms with Crippen LogP contribution in [0.25, 0.3) is 0 Å². The molecule has 0 fully saturated rings. The Kier molecular flexibility index (Phi) is 5.80. The average Bonchev–Trinajstić information content (AvgIpc) is 2.34. The first-order valence-corrected chi connectivity index (χ1v) is 7.00. The van der Waals surface area contributed by atoms with E-state index in [1.807, 2.05) is 13.8 Å². The fourth-order valence-corrected chi connectivity index (χ4v) is 1.71. The molecule has 0 bridgehead atoms. The highest BCUT2D eigenvalue weighted by Gasteiger charge is 2.22. The van der Waals surface area contributed by atoms with E-state index in [9.17, 15) is 10.1 Å². The first-order chi connectivity index (χ1) is 9.32. The second-order valence-corrected chi connectivity index (χ2v) is 5.68. The summed E-state index contributed by atoms with van der Waals surface area (Å²) in [6.07, 6.45) is -0.0986. The quantitative estimate of drug-likeness (QED) is 0.603. The highest BCUT2D eigenvalue weighted by Crippen LogP contribution is 2.35. The monoisotopic (exact) mass is 280 g/mol. The van der Waals surface area contributed by atoms with Gasteiger partial charge in [0.05, 0.1) is 11.0 Å². The molecule has 0 saturated carbocycles. The van der Waals surface area contributed by atoms with Crippen molar-refractivity contribution in [2.75, 3.05) is 11.9 Å². The Labute approximate surface area is 120 Å². The zero-order valence-electron chi connectivity index (χ0n) is 12.8. The molecule has 0 aliphatic rings. The summed E-state index contributed by atoms with van der Waals surface area (Å²) in [6, 6.07) is 5.13. The van der Waals surface area contributed by atoms with Crippen LogP contribution >= 0.6 is 0 Å². The lowest BCUT2D eigenvalue weighted by Gasteiger charge is -2.18. The topological polar surface area (TPSA) is 64.4 Å². The Hall–Kier alpha value is -1.78. The van der Waals surface area contributed by atoms with Gasteiger partial charge in [-0.05, 0) is 37.8 Å². The predicted molar refractivity (Wildman–Crippen MR) is 81.4 cm³/mol. The minimum Gasteiger partial charge on any atom is -0.484 e. The number of hydrogen-bond donors (Lipinski definition) is 1. The van der Waals surface area contributed by atoms with Crippen molar-refractivity contribution in [2.24, 2.45) is 11.8 Å². The van der Waals surface area contributed by atoms with Gasteiger partial charge in [0.1, 0.15) is 5.69 Å². The van der Waals surface area contributed by atoms with E-state index in [-0.39, 0.29) is 16.7 Å². The van der Waals surface area contributed by atoms with E-state index in [1.54, 1.807) is 18.2 Å². The fraction of sp³-hybridized carbons (Fsp3) is 0.600. The van der Waals surface area contributed by atoms with E-state index in [1.165, 1.54) is 0 Å². The van der Waals surface area contributed by atoms with Crippen LogP contribution in [-0.2, 0) is 0 Å². The molecular weight excluding hydrogens is 256 g/mol. The van der Waals surface area contributed by atoms with E-state index in [0.717, 1.165) is 0 Å². The molecule has 1 rings (SSSR count). The van der Waals surface area contributed by atoms with Crippen LogP contribution in [0.15, 0.2) is 18.2 Å². The maximum Gasteiger partial charge on any atom is 0.333 e. The summed E-state index contributed by atoms with van der Waals surface area (Å²) in [5, 5.41) is 14.5. The first kappa shape index (κ1) is 16.3. The third kappa shape index (κ3) is 4.40. The van der Waals surface area contributed by atoms with Gasteiger partial charge in [-0.15, -0.1) is 0 Å². The van der Waals surface area contributed by atoms with Crippen LogP contribution in [0.5, 0.6) is 5.75 Å². The highest BCUT2D eigenvalue weighted by molar-refractivity contribution is 5.68. The number of nitrogens with zero attached hydrogens (tertiary/aromatic N) is 1. The van der Waals surface area contributed by atoms with E-state index in [4.69, 9.17) is 4.74 Å². The van der Waals surface area contributed by atoms with Crippen LogP contribution in [0, 0.1) is 22.0 Å². The SMILES string of the molecule is CC(C)Oc1cccc(NCC(C)C(C)C)c1[N+](=O)[O-]. The Morgan fingerprint density at radius 3 is 2.40 bits per heavy atom. The number of benzene rings is 1. The van der Waals surface area contributed by atoms with Crippen molar-refractivity contribution in [1.29, 1.82) is 0 Å². The van der Waals surface area contributed by atoms with Crippen molar-refractivity contribution in [1.82, 2.24) is 0 Å². The molecule has 0 amide bonds. The summed E-state index contributed by atoms with van der Waals surface area (Å²) in [5.74, 6) is 1.27. The van der Waals surface area contributed by atoms with Crippen LogP contribution in [0.2, 0.25) is 0 Å². The van der Waals surface area contributed by atoms with Gasteiger partial charge in [-0.2, -0.15) is 0 Å². The maximum atomic E-state index is 11.3. The largest absolute Gasteiger partial charge is 0.484 e. The molecule has 1 aromatic rings. The molecule has 0 spiro atoms. The van der Waals surface area contributed by atoms with Gasteiger partial charge in [0, 0.05) is 6.54 Å². The second-order valence-electron chi connectivity index (χ2n) is 5.68. The Morgan fingerprint density at radius 2 is 1.90 bits per heavy atom. The summed E-state index contributed by atoms with van der Waals surface area (Å²) in [4.78, 5) is 10.9. The number of ether oxygens (including phenoxy) is 1. The molecule has 0 aliphatic carbocycles. The summed E-state index contributed by atoms with van der Waals surface area (Å²) >= 11 is 0. The standard InChI is InChI=1S/C15H24N2O3/c1-10(2)12(5)9-16-13-7-6-8-14(20-11(3)4)15(13)17(18)19/h6-8,10-12,16H,9H2,1-5H3. The van der Waals surface area contributed by atoms with E-state index >= 15 is 0 Å². The van der Waals surface area contributed by atoms with Crippen molar-refractivity contribution in [3.63, 3.8) is 0 Å². The van der Waals surface area contributed by atoms with Crippen molar-refractivity contribution in [3.8, 4) is 5.75 Å². The third-order valence-corrected chi connectivity index (χ3v) is 3.30. The van der Waals surface area contributed by atoms with Crippen LogP contribution in [0.3, 0.4) is 0 Å². The van der Waals surface area contributed by atoms with E-state index < -0.39 is 0 Å². The molecule has 0 saturated heterocycles. The summed E-state index contributed by atoms with van der Waals surface area (Å²) in [6.45, 7) is 10.8. The lowest BCUT2D eigenvalue weighted by Crippen LogP contribution is -2.17. The van der Waals surface area contributed by atoms with E-state index in [0.29, 0.717) is 29.8 Å². The summed E-state index contributed by atoms with van der Waals surface area (Å²) in [5.41, 5.74) is 0.526. The van der Waals surface area contributed by atoms with Crippen LogP contribution in [0.4, 0.5) is 11.4 Å². The number of hydrogen-bond acceptors (Lipinski definition) is 4. The lowest BCUT2D eigenvalue weighted by molar-refractivity contribution is -0.385. The lowest BCUT2D eigenvalue weighted by atomic mass is 9.98. The molecule has 1 atom stereocenters. The molecule has 112 valence electrons. The van der Waals surface area contributed by atoms with E-state index in [2.05, 4.69) is 26.1 Å². The Balaban J connectivity index is 2.97. The van der Waals surface area contributed by atoms with Gasteiger partial charge in [-0.25, -0.2) is 0 Å². The molecule has 20 heavy (non-hydrogen) atoms. The number of nitro benzene ring substituents is 1. The molecule has 5 heteroatoms. The van der Waals surface area contributed by atoms with Gasteiger partial charge in [-0.1, -0.05) is 26.8 Å². The Morgan fingerprint density at radius 1 is 1.25 bits per heavy atom. The normalized spacial score (nSPS) is 12.6. The molecule has 0 radical (unpaired) electrons. The summed E-state index contributed by atoms with van der Waals surface area (Å²) in [7, 11) is 0. The van der Waals surface area contributed by atoms with Crippen molar-refractivity contribution in [3.05, 3.63) is 28.3 Å². The smallest absolute Gasteiger partial charge is 0.333 e. The molecule has 1 N–H and O–H groups in total. The van der Waals surface area contributed by atoms with Crippen LogP contribution in [0.1, 0.15) is 34.6 Å². The minimum atomic E-state index is -0.389. The maximum absolute atomic E-state index is 11.3. The molecule has 1 aromatic carbocycles. The van der Waals surface area contributed by atoms with Crippen molar-refractivity contribution >= 4 is 11.4 Å². The van der Waals surface area contributed by atoms with Gasteiger partial charge < -0.3 is 10.1 Å². The third-order valence-electron chi connectivity index (χ3n) is 3.30. The molecule has 0 heterocycles. The van der Waals surface area contributed by atoms with Crippen molar-refractivity contribution < 1.29 is 9.66 Å². The minimum absolute atomic E-state index is 0.0113. The van der Waals surface area contributed by atoms with Gasteiger partial charge in [0.25, 0.3) is 0 Å². The average molecular weight is 280 g/mol. The molecule has 0 aromatic heterocycles. The van der Waals surface area contributed by atoms with Gasteiger partial charge in [0.15, 0.2) is 5.75 Å². The number of para-hydroxylation sites is 1. The van der Waals surface area contributed by atoms with Gasteiger partial charge >= 0.3 is 5.69 Å². The molecule has 0 aliphatic heterocycles. The molecule has 5 nitrogen and oxygen atoms in total. The summed E-state index contributed by atoms with van der Waals surface area (Å²) < 4.78 is 5.52. The molecule has 1 unspecified atom stereocenters. The van der Waals surface area contributed by atoms with Crippen molar-refractivity contribution in [2.45, 2.75) is 40.7 Å². The number of nitro groups is 1. The molecular formula is C15H24N2O3. The number of rotatable bonds is 7. The zero-order chi connectivity index (χ0) is 15.3. The number of nitrogens with one attached hydrogen (secondary N) is 1. The van der Waals surface area contributed by atoms with Gasteiger partial charge in [0.2, 0.25) is 0 Å². The zero-order valence-corrected chi connectivity index (χ0v) is 12.8. The second kappa shape index (κ2) is 7.12. The highest BCUT2D eigenvalue weighted by atomic mass is 16.6. The fourth-order valence-electron chi connectivity index (χ4n) is 1.71. The Bertz CT molecular complexity index is 458. The van der Waals surface area contributed by atoms with Gasteiger partial charge in [-0.3, -0.25) is 10.1 Å². The van der Waals surface area contributed by atoms with Crippen LogP contribution in [-0.4, -0.2) is 17.6 Å². The predicted octanol–water partition coefficient (Wildman–Crippen LogP) is 4.09.